The van der Waals surface area contributed by atoms with Crippen molar-refractivity contribution >= 4 is 11.6 Å². The molecule has 6 heteroatoms. The first-order chi connectivity index (χ1) is 12.7. The maximum absolute atomic E-state index is 12.8. The van der Waals surface area contributed by atoms with Crippen LogP contribution in [0.15, 0.2) is 48.5 Å². The zero-order valence-electron chi connectivity index (χ0n) is 14.8. The van der Waals surface area contributed by atoms with Crippen LogP contribution in [0.5, 0.6) is 17.2 Å². The fourth-order valence-corrected chi connectivity index (χ4v) is 3.32. The summed E-state index contributed by atoms with van der Waals surface area (Å²) in [5.41, 5.74) is 1.14. The third kappa shape index (κ3) is 3.27. The number of methoxy groups -OCH3 is 1. The monoisotopic (exact) mass is 354 g/mol. The minimum Gasteiger partial charge on any atom is -0.497 e. The molecule has 0 aromatic heterocycles. The van der Waals surface area contributed by atoms with Crippen LogP contribution in [0.25, 0.3) is 0 Å². The molecule has 2 aliphatic rings. The Balaban J connectivity index is 1.35. The van der Waals surface area contributed by atoms with E-state index in [1.807, 2.05) is 53.4 Å². The summed E-state index contributed by atoms with van der Waals surface area (Å²) in [6.07, 6.45) is -0.572. The van der Waals surface area contributed by atoms with Gasteiger partial charge in [-0.25, -0.2) is 0 Å². The third-order valence-electron chi connectivity index (χ3n) is 4.81. The molecule has 0 radical (unpaired) electrons. The van der Waals surface area contributed by atoms with E-state index in [1.54, 1.807) is 7.11 Å². The van der Waals surface area contributed by atoms with Gasteiger partial charge < -0.3 is 24.0 Å². The summed E-state index contributed by atoms with van der Waals surface area (Å²) in [5.74, 6) is 2.17. The number of hydrogen-bond donors (Lipinski definition) is 0. The summed E-state index contributed by atoms with van der Waals surface area (Å²) in [5, 5.41) is 0. The van der Waals surface area contributed by atoms with Gasteiger partial charge in [0.15, 0.2) is 11.5 Å². The van der Waals surface area contributed by atoms with E-state index in [-0.39, 0.29) is 12.5 Å². The SMILES string of the molecule is COc1ccc(N2CCN(C(=O)[C@H]3COc4ccccc4O3)CC2)cc1. The molecule has 2 heterocycles. The molecule has 2 aliphatic heterocycles. The van der Waals surface area contributed by atoms with Crippen LogP contribution in [0.2, 0.25) is 0 Å². The van der Waals surface area contributed by atoms with Crippen LogP contribution in [0, 0.1) is 0 Å². The predicted molar refractivity (Wildman–Crippen MR) is 98.1 cm³/mol. The number of benzene rings is 2. The normalized spacial score (nSPS) is 19.2. The van der Waals surface area contributed by atoms with E-state index in [9.17, 15) is 4.79 Å². The highest BCUT2D eigenvalue weighted by Crippen LogP contribution is 2.31. The van der Waals surface area contributed by atoms with Crippen LogP contribution in [0.3, 0.4) is 0 Å². The van der Waals surface area contributed by atoms with E-state index in [4.69, 9.17) is 14.2 Å². The second-order valence-electron chi connectivity index (χ2n) is 6.37. The Labute approximate surface area is 152 Å². The summed E-state index contributed by atoms with van der Waals surface area (Å²) in [6, 6.07) is 15.5. The van der Waals surface area contributed by atoms with Gasteiger partial charge in [0, 0.05) is 31.9 Å². The Bertz CT molecular complexity index is 770. The second-order valence-corrected chi connectivity index (χ2v) is 6.37. The molecule has 26 heavy (non-hydrogen) atoms. The van der Waals surface area contributed by atoms with Crippen LogP contribution < -0.4 is 19.1 Å². The minimum atomic E-state index is -0.572. The molecule has 1 saturated heterocycles. The van der Waals surface area contributed by atoms with E-state index in [0.29, 0.717) is 24.6 Å². The first kappa shape index (κ1) is 16.6. The number of piperazine rings is 1. The summed E-state index contributed by atoms with van der Waals surface area (Å²) >= 11 is 0. The number of rotatable bonds is 3. The highest BCUT2D eigenvalue weighted by atomic mass is 16.6. The van der Waals surface area contributed by atoms with Crippen LogP contribution in [0.4, 0.5) is 5.69 Å². The maximum Gasteiger partial charge on any atom is 0.267 e. The number of carbonyl (C=O) groups excluding carboxylic acids is 1. The zero-order valence-corrected chi connectivity index (χ0v) is 14.8. The van der Waals surface area contributed by atoms with Gasteiger partial charge in [-0.05, 0) is 36.4 Å². The Morgan fingerprint density at radius 2 is 1.69 bits per heavy atom. The Kier molecular flexibility index (Phi) is 4.56. The fraction of sp³-hybridized carbons (Fsp3) is 0.350. The summed E-state index contributed by atoms with van der Waals surface area (Å²) < 4.78 is 16.7. The topological polar surface area (TPSA) is 51.2 Å². The highest BCUT2D eigenvalue weighted by molar-refractivity contribution is 5.82. The summed E-state index contributed by atoms with van der Waals surface area (Å²) in [7, 11) is 1.66. The molecule has 2 aromatic rings. The van der Waals surface area contributed by atoms with Crippen molar-refractivity contribution in [1.82, 2.24) is 4.90 Å². The zero-order chi connectivity index (χ0) is 17.9. The molecule has 2 aromatic carbocycles. The first-order valence-corrected chi connectivity index (χ1v) is 8.81. The van der Waals surface area contributed by atoms with E-state index in [0.717, 1.165) is 24.5 Å². The van der Waals surface area contributed by atoms with Gasteiger partial charge in [-0.1, -0.05) is 12.1 Å². The number of nitrogens with zero attached hydrogens (tertiary/aromatic N) is 2. The van der Waals surface area contributed by atoms with Crippen LogP contribution in [0.1, 0.15) is 0 Å². The second kappa shape index (κ2) is 7.15. The van der Waals surface area contributed by atoms with Crippen molar-refractivity contribution in [3.05, 3.63) is 48.5 Å². The molecule has 0 N–H and O–H groups in total. The van der Waals surface area contributed by atoms with E-state index in [2.05, 4.69) is 4.90 Å². The first-order valence-electron chi connectivity index (χ1n) is 8.81. The van der Waals surface area contributed by atoms with Crippen molar-refractivity contribution in [2.45, 2.75) is 6.10 Å². The van der Waals surface area contributed by atoms with Gasteiger partial charge >= 0.3 is 0 Å². The number of carbonyl (C=O) groups is 1. The standard InChI is InChI=1S/C20H22N2O4/c1-24-16-8-6-15(7-9-16)21-10-12-22(13-11-21)20(23)19-14-25-17-4-2-3-5-18(17)26-19/h2-9,19H,10-14H2,1H3/t19-/m1/s1. The van der Waals surface area contributed by atoms with Gasteiger partial charge in [0.2, 0.25) is 6.10 Å². The van der Waals surface area contributed by atoms with Crippen LogP contribution in [-0.4, -0.2) is 56.8 Å². The van der Waals surface area contributed by atoms with E-state index in [1.165, 1.54) is 0 Å². The van der Waals surface area contributed by atoms with Crippen molar-refractivity contribution < 1.29 is 19.0 Å². The molecule has 0 spiro atoms. The largest absolute Gasteiger partial charge is 0.497 e. The molecular formula is C20H22N2O4. The van der Waals surface area contributed by atoms with Gasteiger partial charge in [-0.3, -0.25) is 4.79 Å². The third-order valence-corrected chi connectivity index (χ3v) is 4.81. The maximum atomic E-state index is 12.8. The molecule has 0 bridgehead atoms. The number of amides is 1. The lowest BCUT2D eigenvalue weighted by molar-refractivity contribution is -0.141. The van der Waals surface area contributed by atoms with Gasteiger partial charge in [0.1, 0.15) is 12.4 Å². The molecule has 0 saturated carbocycles. The van der Waals surface area contributed by atoms with Crippen molar-refractivity contribution in [3.63, 3.8) is 0 Å². The highest BCUT2D eigenvalue weighted by Gasteiger charge is 2.32. The number of ether oxygens (including phenoxy) is 3. The molecule has 6 nitrogen and oxygen atoms in total. The van der Waals surface area contributed by atoms with E-state index >= 15 is 0 Å². The molecule has 1 amide bonds. The summed E-state index contributed by atoms with van der Waals surface area (Å²) in [6.45, 7) is 3.19. The predicted octanol–water partition coefficient (Wildman–Crippen LogP) is 2.18. The lowest BCUT2D eigenvalue weighted by atomic mass is 10.2. The van der Waals surface area contributed by atoms with Gasteiger partial charge in [-0.15, -0.1) is 0 Å². The molecule has 1 atom stereocenters. The molecule has 1 fully saturated rings. The summed E-state index contributed by atoms with van der Waals surface area (Å²) in [4.78, 5) is 16.9. The number of hydrogen-bond acceptors (Lipinski definition) is 5. The van der Waals surface area contributed by atoms with Crippen molar-refractivity contribution in [1.29, 1.82) is 0 Å². The average molecular weight is 354 g/mol. The number of para-hydroxylation sites is 2. The number of anilines is 1. The smallest absolute Gasteiger partial charge is 0.267 e. The Hall–Kier alpha value is -2.89. The molecule has 136 valence electrons. The number of fused-ring (bicyclic) bond motifs is 1. The van der Waals surface area contributed by atoms with Gasteiger partial charge in [0.25, 0.3) is 5.91 Å². The van der Waals surface area contributed by atoms with Gasteiger partial charge in [0.05, 0.1) is 7.11 Å². The lowest BCUT2D eigenvalue weighted by Crippen LogP contribution is -2.54. The average Bonchev–Trinajstić information content (AvgIpc) is 2.73. The lowest BCUT2D eigenvalue weighted by Gasteiger charge is -2.38. The van der Waals surface area contributed by atoms with Crippen molar-refractivity contribution in [3.8, 4) is 17.2 Å². The van der Waals surface area contributed by atoms with E-state index < -0.39 is 6.10 Å². The van der Waals surface area contributed by atoms with Crippen LogP contribution >= 0.6 is 0 Å². The molecule has 0 unspecified atom stereocenters. The minimum absolute atomic E-state index is 0.00566. The Morgan fingerprint density at radius 3 is 2.38 bits per heavy atom. The van der Waals surface area contributed by atoms with Crippen molar-refractivity contribution in [2.75, 3.05) is 44.8 Å². The fourth-order valence-electron chi connectivity index (χ4n) is 3.32. The van der Waals surface area contributed by atoms with Crippen LogP contribution in [-0.2, 0) is 4.79 Å². The van der Waals surface area contributed by atoms with Gasteiger partial charge in [-0.2, -0.15) is 0 Å². The quantitative estimate of drug-likeness (QED) is 0.846. The Morgan fingerprint density at radius 1 is 1.00 bits per heavy atom. The molecular weight excluding hydrogens is 332 g/mol. The molecule has 4 rings (SSSR count). The van der Waals surface area contributed by atoms with Crippen molar-refractivity contribution in [2.24, 2.45) is 0 Å². The molecule has 0 aliphatic carbocycles.